The summed E-state index contributed by atoms with van der Waals surface area (Å²) in [5.74, 6) is 0.274. The first-order chi connectivity index (χ1) is 11.8. The second-order valence-electron chi connectivity index (χ2n) is 5.43. The third kappa shape index (κ3) is 5.20. The molecule has 0 heterocycles. The molecule has 25 heavy (non-hydrogen) atoms. The van der Waals surface area contributed by atoms with E-state index in [0.29, 0.717) is 18.0 Å². The summed E-state index contributed by atoms with van der Waals surface area (Å²) in [6, 6.07) is 12.4. The van der Waals surface area contributed by atoms with E-state index in [2.05, 4.69) is 10.1 Å². The number of nitrogens with one attached hydrogen (secondary N) is 2. The lowest BCUT2D eigenvalue weighted by Crippen LogP contribution is -2.36. The van der Waals surface area contributed by atoms with Crippen molar-refractivity contribution < 1.29 is 17.9 Å². The highest BCUT2D eigenvalue weighted by atomic mass is 32.2. The van der Waals surface area contributed by atoms with Gasteiger partial charge in [0.05, 0.1) is 11.5 Å². The van der Waals surface area contributed by atoms with Crippen LogP contribution in [0.5, 0.6) is 5.75 Å². The number of hydrogen-bond donors (Lipinski definition) is 2. The molecule has 0 bridgehead atoms. The molecule has 2 aromatic rings. The first-order valence-corrected chi connectivity index (χ1v) is 9.14. The number of hydrogen-bond acceptors (Lipinski definition) is 5. The van der Waals surface area contributed by atoms with E-state index in [1.54, 1.807) is 44.4 Å². The smallest absolute Gasteiger partial charge is 0.265 e. The quantitative estimate of drug-likeness (QED) is 0.736. The van der Waals surface area contributed by atoms with Gasteiger partial charge in [0.1, 0.15) is 5.75 Å². The molecular weight excluding hydrogens is 342 g/mol. The van der Waals surface area contributed by atoms with Crippen LogP contribution in [0.15, 0.2) is 53.4 Å². The van der Waals surface area contributed by atoms with Gasteiger partial charge in [-0.05, 0) is 49.4 Å². The lowest BCUT2D eigenvalue weighted by molar-refractivity contribution is 0.0856. The minimum Gasteiger partial charge on any atom is -0.494 e. The molecule has 0 spiro atoms. The maximum atomic E-state index is 12.5. The summed E-state index contributed by atoms with van der Waals surface area (Å²) in [6.45, 7) is 2.41. The molecule has 8 heteroatoms. The van der Waals surface area contributed by atoms with Crippen LogP contribution in [0.4, 0.5) is 5.69 Å². The van der Waals surface area contributed by atoms with Gasteiger partial charge in [-0.1, -0.05) is 6.07 Å². The largest absolute Gasteiger partial charge is 0.494 e. The maximum Gasteiger partial charge on any atom is 0.265 e. The SMILES string of the molecule is CCOc1ccc(NS(=O)(=O)c2cccc(C(=O)NN(C)C)c2)cc1. The third-order valence-corrected chi connectivity index (χ3v) is 4.53. The Hall–Kier alpha value is -2.58. The number of anilines is 1. The molecule has 2 rings (SSSR count). The topological polar surface area (TPSA) is 87.7 Å². The first-order valence-electron chi connectivity index (χ1n) is 7.66. The Balaban J connectivity index is 2.20. The normalized spacial score (nSPS) is 11.2. The van der Waals surface area contributed by atoms with E-state index in [-0.39, 0.29) is 16.4 Å². The molecule has 0 aliphatic carbocycles. The van der Waals surface area contributed by atoms with Crippen LogP contribution in [0.2, 0.25) is 0 Å². The molecular formula is C17H21N3O4S. The molecule has 7 nitrogen and oxygen atoms in total. The number of sulfonamides is 1. The number of hydrazine groups is 1. The second kappa shape index (κ2) is 8.00. The summed E-state index contributed by atoms with van der Waals surface area (Å²) >= 11 is 0. The molecule has 2 N–H and O–H groups in total. The van der Waals surface area contributed by atoms with Gasteiger partial charge in [-0.15, -0.1) is 0 Å². The van der Waals surface area contributed by atoms with E-state index in [9.17, 15) is 13.2 Å². The Morgan fingerprint density at radius 1 is 1.12 bits per heavy atom. The third-order valence-electron chi connectivity index (χ3n) is 3.15. The first kappa shape index (κ1) is 18.8. The van der Waals surface area contributed by atoms with Crippen LogP contribution in [-0.4, -0.2) is 40.0 Å². The number of benzene rings is 2. The van der Waals surface area contributed by atoms with Crippen molar-refractivity contribution in [3.8, 4) is 5.75 Å². The number of nitrogens with zero attached hydrogens (tertiary/aromatic N) is 1. The summed E-state index contributed by atoms with van der Waals surface area (Å²) in [4.78, 5) is 12.0. The zero-order chi connectivity index (χ0) is 18.4. The average Bonchev–Trinajstić information content (AvgIpc) is 2.56. The lowest BCUT2D eigenvalue weighted by Gasteiger charge is -2.13. The fourth-order valence-corrected chi connectivity index (χ4v) is 3.18. The van der Waals surface area contributed by atoms with Crippen molar-refractivity contribution in [3.63, 3.8) is 0 Å². The summed E-state index contributed by atoms with van der Waals surface area (Å²) in [5, 5.41) is 1.49. The van der Waals surface area contributed by atoms with Crippen LogP contribution < -0.4 is 14.9 Å². The highest BCUT2D eigenvalue weighted by Crippen LogP contribution is 2.20. The Morgan fingerprint density at radius 2 is 1.80 bits per heavy atom. The Labute approximate surface area is 147 Å². The Morgan fingerprint density at radius 3 is 2.40 bits per heavy atom. The van der Waals surface area contributed by atoms with Crippen LogP contribution in [-0.2, 0) is 10.0 Å². The van der Waals surface area contributed by atoms with Crippen LogP contribution in [0.25, 0.3) is 0 Å². The van der Waals surface area contributed by atoms with E-state index in [0.717, 1.165) is 0 Å². The molecule has 0 saturated carbocycles. The van der Waals surface area contributed by atoms with Crippen molar-refractivity contribution >= 4 is 21.6 Å². The second-order valence-corrected chi connectivity index (χ2v) is 7.11. The standard InChI is InChI=1S/C17H21N3O4S/c1-4-24-15-10-8-14(9-11-15)19-25(22,23)16-7-5-6-13(12-16)17(21)18-20(2)3/h5-12,19H,4H2,1-3H3,(H,18,21). The van der Waals surface area contributed by atoms with Gasteiger partial charge in [0.15, 0.2) is 0 Å². The molecule has 2 aromatic carbocycles. The summed E-state index contributed by atoms with van der Waals surface area (Å²) < 4.78 is 32.9. The van der Waals surface area contributed by atoms with Crippen LogP contribution in [0.1, 0.15) is 17.3 Å². The molecule has 0 aliphatic heterocycles. The molecule has 134 valence electrons. The minimum atomic E-state index is -3.81. The highest BCUT2D eigenvalue weighted by Gasteiger charge is 2.17. The van der Waals surface area contributed by atoms with Gasteiger partial charge in [-0.25, -0.2) is 13.4 Å². The number of ether oxygens (including phenoxy) is 1. The lowest BCUT2D eigenvalue weighted by atomic mass is 10.2. The van der Waals surface area contributed by atoms with E-state index in [1.807, 2.05) is 6.92 Å². The highest BCUT2D eigenvalue weighted by molar-refractivity contribution is 7.92. The predicted molar refractivity (Wildman–Crippen MR) is 96.0 cm³/mol. The molecule has 0 fully saturated rings. The van der Waals surface area contributed by atoms with Crippen LogP contribution in [0, 0.1) is 0 Å². The van der Waals surface area contributed by atoms with Gasteiger partial charge in [0.2, 0.25) is 0 Å². The summed E-state index contributed by atoms with van der Waals surface area (Å²) in [5.41, 5.74) is 3.23. The van der Waals surface area contributed by atoms with Crippen LogP contribution >= 0.6 is 0 Å². The zero-order valence-corrected chi connectivity index (χ0v) is 15.1. The average molecular weight is 363 g/mol. The van der Waals surface area contributed by atoms with Gasteiger partial charge in [0, 0.05) is 25.3 Å². The van der Waals surface area contributed by atoms with Crippen molar-refractivity contribution in [2.45, 2.75) is 11.8 Å². The molecule has 0 saturated heterocycles. The Bertz CT molecular complexity index is 833. The van der Waals surface area contributed by atoms with E-state index in [1.165, 1.54) is 23.2 Å². The number of carbonyl (C=O) groups is 1. The molecule has 0 aromatic heterocycles. The Kier molecular flexibility index (Phi) is 6.00. The van der Waals surface area contributed by atoms with Gasteiger partial charge >= 0.3 is 0 Å². The van der Waals surface area contributed by atoms with E-state index in [4.69, 9.17) is 4.74 Å². The van der Waals surface area contributed by atoms with Gasteiger partial charge < -0.3 is 4.74 Å². The van der Waals surface area contributed by atoms with Crippen molar-refractivity contribution in [1.29, 1.82) is 0 Å². The predicted octanol–water partition coefficient (Wildman–Crippen LogP) is 2.09. The fourth-order valence-electron chi connectivity index (χ4n) is 2.07. The number of rotatable bonds is 7. The molecule has 0 unspecified atom stereocenters. The summed E-state index contributed by atoms with van der Waals surface area (Å²) in [7, 11) is -0.462. The number of amides is 1. The maximum absolute atomic E-state index is 12.5. The minimum absolute atomic E-state index is 0.00721. The molecule has 0 aliphatic rings. The van der Waals surface area contributed by atoms with E-state index >= 15 is 0 Å². The van der Waals surface area contributed by atoms with Gasteiger partial charge in [-0.2, -0.15) is 0 Å². The fraction of sp³-hybridized carbons (Fsp3) is 0.235. The van der Waals surface area contributed by atoms with Crippen molar-refractivity contribution in [3.05, 3.63) is 54.1 Å². The van der Waals surface area contributed by atoms with Crippen LogP contribution in [0.3, 0.4) is 0 Å². The molecule has 1 amide bonds. The summed E-state index contributed by atoms with van der Waals surface area (Å²) in [6.07, 6.45) is 0. The van der Waals surface area contributed by atoms with Gasteiger partial charge in [-0.3, -0.25) is 14.9 Å². The monoisotopic (exact) mass is 363 g/mol. The van der Waals surface area contributed by atoms with Crippen molar-refractivity contribution in [1.82, 2.24) is 10.4 Å². The van der Waals surface area contributed by atoms with E-state index < -0.39 is 10.0 Å². The molecule has 0 atom stereocenters. The number of carbonyl (C=O) groups excluding carboxylic acids is 1. The molecule has 0 radical (unpaired) electrons. The van der Waals surface area contributed by atoms with Gasteiger partial charge in [0.25, 0.3) is 15.9 Å². The zero-order valence-electron chi connectivity index (χ0n) is 14.3. The van der Waals surface area contributed by atoms with Crippen molar-refractivity contribution in [2.24, 2.45) is 0 Å². The van der Waals surface area contributed by atoms with Crippen molar-refractivity contribution in [2.75, 3.05) is 25.4 Å².